The number of benzene rings is 1. The number of nitrogens with one attached hydrogen (secondary N) is 1. The minimum Gasteiger partial charge on any atom is -0.464 e. The van der Waals surface area contributed by atoms with Gasteiger partial charge in [0.2, 0.25) is 0 Å². The fourth-order valence-electron chi connectivity index (χ4n) is 1.72. The van der Waals surface area contributed by atoms with Gasteiger partial charge in [-0.25, -0.2) is 4.98 Å². The number of rotatable bonds is 2. The first kappa shape index (κ1) is 9.15. The highest BCUT2D eigenvalue weighted by atomic mass is 16.3. The summed E-state index contributed by atoms with van der Waals surface area (Å²) >= 11 is 0. The van der Waals surface area contributed by atoms with Gasteiger partial charge in [0.05, 0.1) is 5.56 Å². The van der Waals surface area contributed by atoms with E-state index < -0.39 is 0 Å². The van der Waals surface area contributed by atoms with Crippen molar-refractivity contribution in [2.75, 3.05) is 0 Å². The summed E-state index contributed by atoms with van der Waals surface area (Å²) in [6.45, 7) is 2.04. The lowest BCUT2D eigenvalue weighted by atomic mass is 10.2. The van der Waals surface area contributed by atoms with E-state index in [1.165, 1.54) is 0 Å². The summed E-state index contributed by atoms with van der Waals surface area (Å²) < 4.78 is 5.45. The molecule has 0 spiro atoms. The Morgan fingerprint density at radius 3 is 3.00 bits per heavy atom. The van der Waals surface area contributed by atoms with Crippen molar-refractivity contribution in [3.05, 3.63) is 36.4 Å². The molecule has 16 heavy (non-hydrogen) atoms. The van der Waals surface area contributed by atoms with Gasteiger partial charge < -0.3 is 4.42 Å². The monoisotopic (exact) mass is 213 g/mol. The van der Waals surface area contributed by atoms with Gasteiger partial charge >= 0.3 is 0 Å². The Bertz CT molecular complexity index is 624. The van der Waals surface area contributed by atoms with Crippen LogP contribution in [0.2, 0.25) is 0 Å². The highest BCUT2D eigenvalue weighted by molar-refractivity contribution is 5.91. The van der Waals surface area contributed by atoms with Gasteiger partial charge in [0.25, 0.3) is 0 Å². The third-order valence-corrected chi connectivity index (χ3v) is 2.59. The van der Waals surface area contributed by atoms with Gasteiger partial charge in [0.1, 0.15) is 17.7 Å². The molecule has 1 aromatic carbocycles. The van der Waals surface area contributed by atoms with Crippen molar-refractivity contribution in [1.29, 1.82) is 0 Å². The maximum Gasteiger partial charge on any atom is 0.185 e. The molecule has 0 atom stereocenters. The summed E-state index contributed by atoms with van der Waals surface area (Å²) in [5, 5.41) is 8.13. The van der Waals surface area contributed by atoms with E-state index in [-0.39, 0.29) is 0 Å². The van der Waals surface area contributed by atoms with Gasteiger partial charge in [0, 0.05) is 11.8 Å². The molecule has 2 aromatic heterocycles. The molecule has 0 amide bonds. The summed E-state index contributed by atoms with van der Waals surface area (Å²) in [7, 11) is 0. The van der Waals surface area contributed by atoms with Crippen LogP contribution in [-0.4, -0.2) is 15.2 Å². The van der Waals surface area contributed by atoms with Gasteiger partial charge in [-0.15, -0.1) is 0 Å². The molecule has 0 bridgehead atoms. The van der Waals surface area contributed by atoms with E-state index >= 15 is 0 Å². The molecule has 0 saturated heterocycles. The summed E-state index contributed by atoms with van der Waals surface area (Å²) in [5.41, 5.74) is 1.80. The molecule has 3 aromatic rings. The third kappa shape index (κ3) is 1.31. The topological polar surface area (TPSA) is 54.7 Å². The average Bonchev–Trinajstić information content (AvgIpc) is 2.94. The Labute approximate surface area is 92.3 Å². The van der Waals surface area contributed by atoms with Crippen molar-refractivity contribution in [2.45, 2.75) is 13.3 Å². The van der Waals surface area contributed by atoms with Crippen LogP contribution in [0.3, 0.4) is 0 Å². The van der Waals surface area contributed by atoms with E-state index in [9.17, 15) is 0 Å². The predicted molar refractivity (Wildman–Crippen MR) is 61.0 cm³/mol. The first-order valence-corrected chi connectivity index (χ1v) is 5.26. The maximum absolute atomic E-state index is 5.45. The van der Waals surface area contributed by atoms with Gasteiger partial charge in [-0.1, -0.05) is 25.1 Å². The molecular weight excluding hydrogens is 202 g/mol. The van der Waals surface area contributed by atoms with Crippen molar-refractivity contribution in [2.24, 2.45) is 0 Å². The fraction of sp³-hybridized carbons (Fsp3) is 0.167. The molecule has 0 aliphatic heterocycles. The zero-order valence-corrected chi connectivity index (χ0v) is 8.90. The molecule has 0 radical (unpaired) electrons. The number of aromatic amines is 1. The number of hydrogen-bond donors (Lipinski definition) is 1. The van der Waals surface area contributed by atoms with Crippen molar-refractivity contribution in [3.63, 3.8) is 0 Å². The van der Waals surface area contributed by atoms with Crippen molar-refractivity contribution >= 4 is 11.0 Å². The second kappa shape index (κ2) is 3.48. The Hall–Kier alpha value is -2.10. The lowest BCUT2D eigenvalue weighted by Crippen LogP contribution is -1.81. The van der Waals surface area contributed by atoms with E-state index in [4.69, 9.17) is 4.42 Å². The SMILES string of the molecule is CCc1nc(-c2coc3ccccc23)n[nH]1. The van der Waals surface area contributed by atoms with Gasteiger partial charge in [-0.2, -0.15) is 5.10 Å². The molecule has 0 unspecified atom stereocenters. The minimum absolute atomic E-state index is 0.696. The quantitative estimate of drug-likeness (QED) is 0.712. The molecule has 80 valence electrons. The van der Waals surface area contributed by atoms with Crippen molar-refractivity contribution in [3.8, 4) is 11.4 Å². The number of nitrogens with zero attached hydrogens (tertiary/aromatic N) is 2. The molecule has 4 nitrogen and oxygen atoms in total. The second-order valence-electron chi connectivity index (χ2n) is 3.60. The largest absolute Gasteiger partial charge is 0.464 e. The van der Waals surface area contributed by atoms with Crippen LogP contribution < -0.4 is 0 Å². The van der Waals surface area contributed by atoms with E-state index in [0.717, 1.165) is 28.8 Å². The van der Waals surface area contributed by atoms with Gasteiger partial charge in [-0.05, 0) is 6.07 Å². The molecular formula is C12H11N3O. The van der Waals surface area contributed by atoms with Crippen LogP contribution in [0.5, 0.6) is 0 Å². The van der Waals surface area contributed by atoms with Crippen LogP contribution in [0.15, 0.2) is 34.9 Å². The minimum atomic E-state index is 0.696. The lowest BCUT2D eigenvalue weighted by Gasteiger charge is -1.89. The zero-order valence-electron chi connectivity index (χ0n) is 8.90. The Morgan fingerprint density at radius 1 is 1.31 bits per heavy atom. The lowest BCUT2D eigenvalue weighted by molar-refractivity contribution is 0.616. The molecule has 0 fully saturated rings. The first-order chi connectivity index (χ1) is 7.88. The number of para-hydroxylation sites is 1. The maximum atomic E-state index is 5.45. The second-order valence-corrected chi connectivity index (χ2v) is 3.60. The van der Waals surface area contributed by atoms with Crippen LogP contribution in [0.1, 0.15) is 12.7 Å². The van der Waals surface area contributed by atoms with Gasteiger partial charge in [0.15, 0.2) is 5.82 Å². The molecule has 0 aliphatic rings. The van der Waals surface area contributed by atoms with E-state index in [2.05, 4.69) is 15.2 Å². The Balaban J connectivity index is 2.18. The number of hydrogen-bond acceptors (Lipinski definition) is 3. The summed E-state index contributed by atoms with van der Waals surface area (Å²) in [5.74, 6) is 1.59. The Morgan fingerprint density at radius 2 is 2.19 bits per heavy atom. The van der Waals surface area contributed by atoms with E-state index in [0.29, 0.717) is 5.82 Å². The first-order valence-electron chi connectivity index (χ1n) is 5.26. The van der Waals surface area contributed by atoms with E-state index in [1.807, 2.05) is 31.2 Å². The number of H-pyrrole nitrogens is 1. The van der Waals surface area contributed by atoms with Crippen molar-refractivity contribution in [1.82, 2.24) is 15.2 Å². The Kier molecular flexibility index (Phi) is 1.99. The number of furan rings is 1. The standard InChI is InChI=1S/C12H11N3O/c1-2-11-13-12(15-14-11)9-7-16-10-6-4-3-5-8(9)10/h3-7H,2H2,1H3,(H,13,14,15). The summed E-state index contributed by atoms with van der Waals surface area (Å²) in [4.78, 5) is 4.39. The van der Waals surface area contributed by atoms with Gasteiger partial charge in [-0.3, -0.25) is 5.10 Å². The summed E-state index contributed by atoms with van der Waals surface area (Å²) in [6, 6.07) is 7.88. The van der Waals surface area contributed by atoms with Crippen molar-refractivity contribution < 1.29 is 4.42 Å². The highest BCUT2D eigenvalue weighted by Gasteiger charge is 2.11. The third-order valence-electron chi connectivity index (χ3n) is 2.59. The van der Waals surface area contributed by atoms with E-state index in [1.54, 1.807) is 6.26 Å². The molecule has 0 saturated carbocycles. The van der Waals surface area contributed by atoms with Crippen LogP contribution in [0.25, 0.3) is 22.4 Å². The number of aryl methyl sites for hydroxylation is 1. The highest BCUT2D eigenvalue weighted by Crippen LogP contribution is 2.27. The smallest absolute Gasteiger partial charge is 0.185 e. The number of aromatic nitrogens is 3. The van der Waals surface area contributed by atoms with Crippen LogP contribution in [-0.2, 0) is 6.42 Å². The molecule has 4 heteroatoms. The van der Waals surface area contributed by atoms with Crippen LogP contribution in [0.4, 0.5) is 0 Å². The summed E-state index contributed by atoms with van der Waals surface area (Å²) in [6.07, 6.45) is 2.55. The molecule has 0 aliphatic carbocycles. The molecule has 3 rings (SSSR count). The molecule has 1 N–H and O–H groups in total. The zero-order chi connectivity index (χ0) is 11.0. The van der Waals surface area contributed by atoms with Crippen LogP contribution >= 0.6 is 0 Å². The molecule has 2 heterocycles. The fourth-order valence-corrected chi connectivity index (χ4v) is 1.72. The average molecular weight is 213 g/mol. The van der Waals surface area contributed by atoms with Crippen LogP contribution in [0, 0.1) is 0 Å². The normalized spacial score (nSPS) is 11.1. The predicted octanol–water partition coefficient (Wildman–Crippen LogP) is 2.78. The number of fused-ring (bicyclic) bond motifs is 1.